The summed E-state index contributed by atoms with van der Waals surface area (Å²) in [6, 6.07) is 6.40. The lowest BCUT2D eigenvalue weighted by molar-refractivity contribution is 0.206. The van der Waals surface area contributed by atoms with E-state index in [9.17, 15) is 13.6 Å². The Balaban J connectivity index is 2.57. The minimum Gasteiger partial charge on any atom is -0.755 e. The predicted molar refractivity (Wildman–Crippen MR) is 52.4 cm³/mol. The van der Waals surface area contributed by atoms with Crippen LogP contribution in [0.5, 0.6) is 5.75 Å². The van der Waals surface area contributed by atoms with Gasteiger partial charge >= 0.3 is 6.09 Å². The summed E-state index contributed by atoms with van der Waals surface area (Å²) in [7, 11) is 0. The van der Waals surface area contributed by atoms with E-state index in [1.807, 2.05) is 0 Å². The van der Waals surface area contributed by atoms with Crippen LogP contribution in [0, 0.1) is 0 Å². The van der Waals surface area contributed by atoms with Crippen molar-refractivity contribution >= 4 is 17.4 Å². The second kappa shape index (κ2) is 5.44. The van der Waals surface area contributed by atoms with Gasteiger partial charge in [-0.25, -0.2) is 4.79 Å². The van der Waals surface area contributed by atoms with Crippen molar-refractivity contribution in [1.82, 2.24) is 4.72 Å². The van der Waals surface area contributed by atoms with E-state index in [1.54, 1.807) is 16.9 Å². The summed E-state index contributed by atoms with van der Waals surface area (Å²) in [6.07, 6.45) is -1.05. The van der Waals surface area contributed by atoms with Crippen LogP contribution in [0.4, 0.5) is 4.79 Å². The van der Waals surface area contributed by atoms with E-state index in [0.717, 1.165) is 5.56 Å². The summed E-state index contributed by atoms with van der Waals surface area (Å²) in [4.78, 5) is 10.8. The molecule has 0 aromatic heterocycles. The van der Waals surface area contributed by atoms with Crippen LogP contribution in [0.25, 0.3) is 0 Å². The average molecular weight is 229 g/mol. The lowest BCUT2D eigenvalue weighted by Crippen LogP contribution is -2.28. The number of carbonyl (C=O) groups is 1. The lowest BCUT2D eigenvalue weighted by Gasteiger charge is -2.07. The Labute approximate surface area is 88.8 Å². The van der Waals surface area contributed by atoms with E-state index in [4.69, 9.17) is 5.73 Å². The van der Waals surface area contributed by atoms with Crippen LogP contribution < -0.4 is 15.2 Å². The summed E-state index contributed by atoms with van der Waals surface area (Å²) in [5, 5.41) is 0. The van der Waals surface area contributed by atoms with Crippen LogP contribution in [0.1, 0.15) is 5.56 Å². The van der Waals surface area contributed by atoms with Gasteiger partial charge in [0.2, 0.25) is 0 Å². The Hall–Kier alpha value is -1.44. The van der Waals surface area contributed by atoms with Crippen molar-refractivity contribution in [1.29, 1.82) is 0 Å². The first kappa shape index (κ1) is 11.6. The highest BCUT2D eigenvalue weighted by Gasteiger charge is 2.02. The van der Waals surface area contributed by atoms with Crippen molar-refractivity contribution in [2.45, 2.75) is 6.54 Å². The minimum atomic E-state index is -2.67. The molecular formula is C8H9N2O4S-. The van der Waals surface area contributed by atoms with Gasteiger partial charge in [0.25, 0.3) is 0 Å². The molecule has 15 heavy (non-hydrogen) atoms. The number of hydrogen-bond donors (Lipinski definition) is 2. The molecule has 3 N–H and O–H groups in total. The highest BCUT2D eigenvalue weighted by molar-refractivity contribution is 7.77. The summed E-state index contributed by atoms with van der Waals surface area (Å²) >= 11 is -2.67. The zero-order chi connectivity index (χ0) is 11.3. The molecule has 1 aromatic rings. The van der Waals surface area contributed by atoms with Gasteiger partial charge in [-0.1, -0.05) is 12.1 Å². The van der Waals surface area contributed by atoms with Gasteiger partial charge < -0.3 is 15.0 Å². The van der Waals surface area contributed by atoms with E-state index < -0.39 is 17.4 Å². The van der Waals surface area contributed by atoms with Crippen LogP contribution in [0.2, 0.25) is 0 Å². The number of amides is 1. The third kappa shape index (κ3) is 4.07. The molecule has 0 heterocycles. The molecule has 1 atom stereocenters. The van der Waals surface area contributed by atoms with Crippen molar-refractivity contribution in [2.24, 2.45) is 5.73 Å². The molecule has 1 rings (SSSR count). The van der Waals surface area contributed by atoms with Crippen LogP contribution in [-0.4, -0.2) is 14.9 Å². The van der Waals surface area contributed by atoms with Gasteiger partial charge in [0.05, 0.1) is 0 Å². The molecule has 1 unspecified atom stereocenters. The quantitative estimate of drug-likeness (QED) is 0.711. The minimum absolute atomic E-state index is 0.246. The van der Waals surface area contributed by atoms with Crippen LogP contribution in [0.3, 0.4) is 0 Å². The predicted octanol–water partition coefficient (Wildman–Crippen LogP) is 0.0278. The molecule has 0 spiro atoms. The van der Waals surface area contributed by atoms with Gasteiger partial charge in [-0.15, -0.1) is 0 Å². The third-order valence-corrected chi connectivity index (χ3v) is 1.87. The highest BCUT2D eigenvalue weighted by atomic mass is 32.2. The number of hydrogen-bond acceptors (Lipinski definition) is 5. The van der Waals surface area contributed by atoms with E-state index in [0.29, 0.717) is 6.54 Å². The molecule has 0 aliphatic rings. The molecule has 0 bridgehead atoms. The molecule has 0 fully saturated rings. The molecule has 0 saturated carbocycles. The number of ether oxygens (including phenoxy) is 1. The molecule has 0 saturated heterocycles. The smallest absolute Gasteiger partial charge is 0.423 e. The summed E-state index contributed by atoms with van der Waals surface area (Å²) < 4.78 is 26.3. The Kier molecular flexibility index (Phi) is 4.22. The Morgan fingerprint density at radius 3 is 2.53 bits per heavy atom. The normalized spacial score (nSPS) is 11.9. The van der Waals surface area contributed by atoms with Gasteiger partial charge in [0.1, 0.15) is 5.75 Å². The maximum atomic E-state index is 10.8. The van der Waals surface area contributed by atoms with E-state index >= 15 is 0 Å². The molecule has 6 nitrogen and oxygen atoms in total. The van der Waals surface area contributed by atoms with Crippen molar-refractivity contribution < 1.29 is 18.3 Å². The van der Waals surface area contributed by atoms with Crippen molar-refractivity contribution in [3.8, 4) is 5.75 Å². The van der Waals surface area contributed by atoms with Crippen molar-refractivity contribution in [2.75, 3.05) is 0 Å². The number of nitrogens with one attached hydrogen (secondary N) is 1. The summed E-state index contributed by atoms with van der Waals surface area (Å²) in [5.41, 5.74) is 6.25. The first-order chi connectivity index (χ1) is 7.11. The van der Waals surface area contributed by atoms with E-state index in [2.05, 4.69) is 4.74 Å². The first-order valence-electron chi connectivity index (χ1n) is 3.98. The third-order valence-electron chi connectivity index (χ3n) is 1.54. The topological polar surface area (TPSA) is 104 Å². The van der Waals surface area contributed by atoms with Gasteiger partial charge in [0.15, 0.2) is 0 Å². The SMILES string of the molecule is NCc1ccc(OC(=O)NS(=O)[O-])cc1. The molecule has 1 amide bonds. The van der Waals surface area contributed by atoms with Gasteiger partial charge in [-0.05, 0) is 17.7 Å². The standard InChI is InChI=1S/C8H10N2O4S/c9-5-6-1-3-7(4-2-6)14-8(11)10-15(12)13/h1-4H,5,9H2,(H,10,11)(H,12,13)/p-1. The Morgan fingerprint density at radius 2 is 2.07 bits per heavy atom. The molecule has 0 aliphatic heterocycles. The number of rotatable bonds is 3. The van der Waals surface area contributed by atoms with Crippen LogP contribution in [0.15, 0.2) is 24.3 Å². The van der Waals surface area contributed by atoms with Gasteiger partial charge in [0, 0.05) is 17.8 Å². The fourth-order valence-electron chi connectivity index (χ4n) is 0.889. The average Bonchev–Trinajstić information content (AvgIpc) is 2.17. The maximum absolute atomic E-state index is 10.8. The fourth-order valence-corrected chi connectivity index (χ4v) is 1.07. The zero-order valence-corrected chi connectivity index (χ0v) is 8.45. The fraction of sp³-hybridized carbons (Fsp3) is 0.125. The monoisotopic (exact) mass is 229 g/mol. The summed E-state index contributed by atoms with van der Waals surface area (Å²) in [5.74, 6) is 0.246. The zero-order valence-electron chi connectivity index (χ0n) is 7.64. The molecule has 7 heteroatoms. The number of carbonyl (C=O) groups excluding carboxylic acids is 1. The van der Waals surface area contributed by atoms with Crippen LogP contribution in [-0.2, 0) is 17.8 Å². The van der Waals surface area contributed by atoms with Gasteiger partial charge in [-0.2, -0.15) is 0 Å². The van der Waals surface area contributed by atoms with Crippen LogP contribution >= 0.6 is 0 Å². The van der Waals surface area contributed by atoms with E-state index in [1.165, 1.54) is 12.1 Å². The largest absolute Gasteiger partial charge is 0.755 e. The molecule has 0 radical (unpaired) electrons. The second-order valence-electron chi connectivity index (χ2n) is 2.57. The van der Waals surface area contributed by atoms with E-state index in [-0.39, 0.29) is 5.75 Å². The number of nitrogens with two attached hydrogens (primary N) is 1. The highest BCUT2D eigenvalue weighted by Crippen LogP contribution is 2.11. The molecule has 1 aromatic carbocycles. The molecule has 82 valence electrons. The van der Waals surface area contributed by atoms with Crippen molar-refractivity contribution in [3.05, 3.63) is 29.8 Å². The summed E-state index contributed by atoms with van der Waals surface area (Å²) in [6.45, 7) is 0.386. The Bertz CT molecular complexity index is 365. The lowest BCUT2D eigenvalue weighted by atomic mass is 10.2. The first-order valence-corrected chi connectivity index (χ1v) is 5.06. The van der Waals surface area contributed by atoms with Gasteiger partial charge in [-0.3, -0.25) is 8.93 Å². The number of benzene rings is 1. The van der Waals surface area contributed by atoms with Crippen molar-refractivity contribution in [3.63, 3.8) is 0 Å². The second-order valence-corrected chi connectivity index (χ2v) is 3.25. The molecule has 0 aliphatic carbocycles. The maximum Gasteiger partial charge on any atom is 0.423 e. The molecular weight excluding hydrogens is 220 g/mol. The Morgan fingerprint density at radius 1 is 1.47 bits per heavy atom.